The summed E-state index contributed by atoms with van der Waals surface area (Å²) in [6, 6.07) is 8.44. The van der Waals surface area contributed by atoms with Crippen LogP contribution in [0.25, 0.3) is 0 Å². The summed E-state index contributed by atoms with van der Waals surface area (Å²) in [5, 5.41) is 0.0951. The molecule has 1 aliphatic heterocycles. The SMILES string of the molecule is O=C(CCc1ccc(F)c(Cl)c1)N1Cc2cccnc2C1. The molecule has 0 radical (unpaired) electrons. The van der Waals surface area contributed by atoms with Gasteiger partial charge in [0.05, 0.1) is 17.3 Å². The van der Waals surface area contributed by atoms with Crippen LogP contribution in [0, 0.1) is 5.82 Å². The molecule has 1 aromatic carbocycles. The lowest BCUT2D eigenvalue weighted by Gasteiger charge is -2.15. The van der Waals surface area contributed by atoms with E-state index in [1.54, 1.807) is 23.2 Å². The average molecular weight is 305 g/mol. The topological polar surface area (TPSA) is 33.2 Å². The fraction of sp³-hybridized carbons (Fsp3) is 0.250. The van der Waals surface area contributed by atoms with E-state index in [1.807, 2.05) is 12.1 Å². The van der Waals surface area contributed by atoms with E-state index in [1.165, 1.54) is 6.07 Å². The predicted molar refractivity (Wildman–Crippen MR) is 78.2 cm³/mol. The van der Waals surface area contributed by atoms with E-state index in [9.17, 15) is 9.18 Å². The monoisotopic (exact) mass is 304 g/mol. The lowest BCUT2D eigenvalue weighted by Crippen LogP contribution is -2.25. The zero-order valence-electron chi connectivity index (χ0n) is 11.4. The largest absolute Gasteiger partial charge is 0.332 e. The van der Waals surface area contributed by atoms with E-state index in [2.05, 4.69) is 4.98 Å². The van der Waals surface area contributed by atoms with E-state index in [0.29, 0.717) is 25.9 Å². The van der Waals surface area contributed by atoms with E-state index >= 15 is 0 Å². The number of amides is 1. The van der Waals surface area contributed by atoms with E-state index in [4.69, 9.17) is 11.6 Å². The molecule has 0 N–H and O–H groups in total. The summed E-state index contributed by atoms with van der Waals surface area (Å²) >= 11 is 5.74. The van der Waals surface area contributed by atoms with Crippen LogP contribution in [0.5, 0.6) is 0 Å². The number of carbonyl (C=O) groups excluding carboxylic acids is 1. The molecule has 0 saturated carbocycles. The maximum Gasteiger partial charge on any atom is 0.223 e. The summed E-state index contributed by atoms with van der Waals surface area (Å²) in [5.74, 6) is -0.360. The number of rotatable bonds is 3. The molecule has 1 aliphatic rings. The Hall–Kier alpha value is -1.94. The Morgan fingerprint density at radius 3 is 2.95 bits per heavy atom. The Morgan fingerprint density at radius 2 is 2.19 bits per heavy atom. The predicted octanol–water partition coefficient (Wildman–Crippen LogP) is 3.35. The van der Waals surface area contributed by atoms with Gasteiger partial charge in [-0.2, -0.15) is 0 Å². The van der Waals surface area contributed by atoms with Crippen LogP contribution in [-0.2, 0) is 24.3 Å². The molecule has 2 heterocycles. The molecule has 0 fully saturated rings. The highest BCUT2D eigenvalue weighted by Gasteiger charge is 2.23. The third-order valence-electron chi connectivity index (χ3n) is 3.65. The van der Waals surface area contributed by atoms with Crippen molar-refractivity contribution in [3.8, 4) is 0 Å². The van der Waals surface area contributed by atoms with Crippen molar-refractivity contribution in [2.45, 2.75) is 25.9 Å². The highest BCUT2D eigenvalue weighted by Crippen LogP contribution is 2.22. The minimum absolute atomic E-state index is 0.0773. The van der Waals surface area contributed by atoms with Crippen molar-refractivity contribution in [1.29, 1.82) is 0 Å². The number of benzene rings is 1. The smallest absolute Gasteiger partial charge is 0.223 e. The second kappa shape index (κ2) is 5.82. The van der Waals surface area contributed by atoms with Gasteiger partial charge >= 0.3 is 0 Å². The Balaban J connectivity index is 1.59. The summed E-state index contributed by atoms with van der Waals surface area (Å²) in [7, 11) is 0. The standard InChI is InChI=1S/C16H14ClFN2O/c17-13-8-11(3-5-14(13)18)4-6-16(21)20-9-12-2-1-7-19-15(12)10-20/h1-3,5,7-8H,4,6,9-10H2. The molecule has 108 valence electrons. The normalized spacial score (nSPS) is 13.3. The van der Waals surface area contributed by atoms with Crippen molar-refractivity contribution in [3.05, 3.63) is 64.2 Å². The summed E-state index contributed by atoms with van der Waals surface area (Å²) in [5.41, 5.74) is 2.94. The van der Waals surface area contributed by atoms with Crippen LogP contribution in [0.4, 0.5) is 4.39 Å². The molecule has 0 saturated heterocycles. The molecule has 1 amide bonds. The molecule has 0 bridgehead atoms. The van der Waals surface area contributed by atoms with Crippen LogP contribution < -0.4 is 0 Å². The Kier molecular flexibility index (Phi) is 3.88. The number of hydrogen-bond acceptors (Lipinski definition) is 2. The summed E-state index contributed by atoms with van der Waals surface area (Å²) in [6.07, 6.45) is 2.68. The van der Waals surface area contributed by atoms with E-state index in [0.717, 1.165) is 16.8 Å². The second-order valence-electron chi connectivity index (χ2n) is 5.11. The first-order valence-electron chi connectivity index (χ1n) is 6.78. The maximum atomic E-state index is 13.1. The zero-order chi connectivity index (χ0) is 14.8. The molecule has 0 atom stereocenters. The minimum atomic E-state index is -0.437. The van der Waals surface area contributed by atoms with Crippen LogP contribution in [0.15, 0.2) is 36.5 Å². The second-order valence-corrected chi connectivity index (χ2v) is 5.51. The molecule has 3 nitrogen and oxygen atoms in total. The summed E-state index contributed by atoms with van der Waals surface area (Å²) in [4.78, 5) is 18.3. The Morgan fingerprint density at radius 1 is 1.33 bits per heavy atom. The first-order valence-corrected chi connectivity index (χ1v) is 7.16. The molecule has 1 aromatic heterocycles. The molecular weight excluding hydrogens is 291 g/mol. The number of pyridine rings is 1. The number of fused-ring (bicyclic) bond motifs is 1. The lowest BCUT2D eigenvalue weighted by atomic mass is 10.1. The third kappa shape index (κ3) is 3.05. The molecule has 5 heteroatoms. The molecule has 0 unspecified atom stereocenters. The van der Waals surface area contributed by atoms with Gasteiger partial charge in [0.1, 0.15) is 5.82 Å². The Bertz CT molecular complexity index is 665. The van der Waals surface area contributed by atoms with Gasteiger partial charge in [0.2, 0.25) is 5.91 Å². The van der Waals surface area contributed by atoms with Gasteiger partial charge < -0.3 is 4.90 Å². The molecule has 21 heavy (non-hydrogen) atoms. The van der Waals surface area contributed by atoms with Gasteiger partial charge in [0.25, 0.3) is 0 Å². The minimum Gasteiger partial charge on any atom is -0.332 e. The van der Waals surface area contributed by atoms with E-state index < -0.39 is 5.82 Å². The van der Waals surface area contributed by atoms with Crippen molar-refractivity contribution in [3.63, 3.8) is 0 Å². The molecule has 0 aliphatic carbocycles. The summed E-state index contributed by atoms with van der Waals surface area (Å²) < 4.78 is 13.1. The fourth-order valence-corrected chi connectivity index (χ4v) is 2.68. The third-order valence-corrected chi connectivity index (χ3v) is 3.94. The van der Waals surface area contributed by atoms with Gasteiger partial charge in [0, 0.05) is 19.2 Å². The van der Waals surface area contributed by atoms with Crippen LogP contribution in [0.1, 0.15) is 23.2 Å². The highest BCUT2D eigenvalue weighted by molar-refractivity contribution is 6.30. The maximum absolute atomic E-state index is 13.1. The number of carbonyl (C=O) groups is 1. The molecule has 0 spiro atoms. The van der Waals surface area contributed by atoms with Gasteiger partial charge in [0.15, 0.2) is 0 Å². The van der Waals surface area contributed by atoms with Crippen molar-refractivity contribution >= 4 is 17.5 Å². The van der Waals surface area contributed by atoms with Crippen LogP contribution in [-0.4, -0.2) is 15.8 Å². The highest BCUT2D eigenvalue weighted by atomic mass is 35.5. The number of aromatic nitrogens is 1. The van der Waals surface area contributed by atoms with E-state index in [-0.39, 0.29) is 10.9 Å². The number of nitrogens with zero attached hydrogens (tertiary/aromatic N) is 2. The molecular formula is C16H14ClFN2O. The van der Waals surface area contributed by atoms with Crippen molar-refractivity contribution < 1.29 is 9.18 Å². The van der Waals surface area contributed by atoms with Gasteiger partial charge in [-0.1, -0.05) is 23.7 Å². The first-order chi connectivity index (χ1) is 10.1. The van der Waals surface area contributed by atoms with Gasteiger partial charge in [-0.3, -0.25) is 9.78 Å². The molecule has 3 rings (SSSR count). The zero-order valence-corrected chi connectivity index (χ0v) is 12.1. The van der Waals surface area contributed by atoms with Crippen molar-refractivity contribution in [1.82, 2.24) is 9.88 Å². The number of halogens is 2. The average Bonchev–Trinajstić information content (AvgIpc) is 2.92. The number of aryl methyl sites for hydroxylation is 1. The van der Waals surface area contributed by atoms with Crippen LogP contribution >= 0.6 is 11.6 Å². The van der Waals surface area contributed by atoms with Crippen LogP contribution in [0.3, 0.4) is 0 Å². The van der Waals surface area contributed by atoms with Gasteiger partial charge in [-0.15, -0.1) is 0 Å². The van der Waals surface area contributed by atoms with Gasteiger partial charge in [-0.25, -0.2) is 4.39 Å². The van der Waals surface area contributed by atoms with Crippen molar-refractivity contribution in [2.24, 2.45) is 0 Å². The quantitative estimate of drug-likeness (QED) is 0.871. The lowest BCUT2D eigenvalue weighted by molar-refractivity contribution is -0.131. The molecule has 2 aromatic rings. The fourth-order valence-electron chi connectivity index (χ4n) is 2.48. The number of hydrogen-bond donors (Lipinski definition) is 0. The van der Waals surface area contributed by atoms with Gasteiger partial charge in [-0.05, 0) is 35.7 Å². The van der Waals surface area contributed by atoms with Crippen molar-refractivity contribution in [2.75, 3.05) is 0 Å². The first kappa shape index (κ1) is 14.0. The summed E-state index contributed by atoms with van der Waals surface area (Å²) in [6.45, 7) is 1.19. The van der Waals surface area contributed by atoms with Crippen LogP contribution in [0.2, 0.25) is 5.02 Å². The Labute approximate surface area is 127 Å².